The van der Waals surface area contributed by atoms with Crippen LogP contribution in [0.4, 0.5) is 11.4 Å². The van der Waals surface area contributed by atoms with Crippen molar-refractivity contribution in [3.63, 3.8) is 0 Å². The van der Waals surface area contributed by atoms with E-state index in [1.54, 1.807) is 0 Å². The summed E-state index contributed by atoms with van der Waals surface area (Å²) in [5, 5.41) is 7.05. The number of carbonyl (C=O) groups is 1. The van der Waals surface area contributed by atoms with Crippen LogP contribution < -0.4 is 10.6 Å². The number of hydrogen-bond acceptors (Lipinski definition) is 3. The molecule has 0 bridgehead atoms. The number of benzene rings is 1. The maximum atomic E-state index is 11.4. The maximum Gasteiger partial charge on any atom is 0.228 e. The number of hydrogen-bond donors (Lipinski definition) is 2. The van der Waals surface area contributed by atoms with Gasteiger partial charge >= 0.3 is 0 Å². The zero-order valence-corrected chi connectivity index (χ0v) is 12.6. The molecule has 2 aliphatic heterocycles. The van der Waals surface area contributed by atoms with Crippen molar-refractivity contribution >= 4 is 28.9 Å². The predicted molar refractivity (Wildman–Crippen MR) is 82.5 cm³/mol. The van der Waals surface area contributed by atoms with Crippen molar-refractivity contribution in [3.8, 4) is 0 Å². The largest absolute Gasteiger partial charge is 0.381 e. The molecule has 2 heterocycles. The van der Waals surface area contributed by atoms with Crippen LogP contribution in [0.2, 0.25) is 5.02 Å². The van der Waals surface area contributed by atoms with Gasteiger partial charge in [-0.3, -0.25) is 4.79 Å². The van der Waals surface area contributed by atoms with E-state index in [4.69, 9.17) is 11.6 Å². The van der Waals surface area contributed by atoms with Crippen molar-refractivity contribution in [3.05, 3.63) is 22.7 Å². The van der Waals surface area contributed by atoms with Gasteiger partial charge in [0.2, 0.25) is 5.91 Å². The van der Waals surface area contributed by atoms with Crippen LogP contribution in [0.3, 0.4) is 0 Å². The van der Waals surface area contributed by atoms with E-state index in [0.717, 1.165) is 36.3 Å². The van der Waals surface area contributed by atoms with E-state index in [2.05, 4.69) is 29.5 Å². The van der Waals surface area contributed by atoms with Crippen molar-refractivity contribution in [1.82, 2.24) is 4.90 Å². The molecule has 0 radical (unpaired) electrons. The molecule has 5 heteroatoms. The molecule has 3 rings (SSSR count). The van der Waals surface area contributed by atoms with Gasteiger partial charge in [0.1, 0.15) is 0 Å². The Labute approximate surface area is 124 Å². The third kappa shape index (κ3) is 2.63. The lowest BCUT2D eigenvalue weighted by Gasteiger charge is -2.36. The highest BCUT2D eigenvalue weighted by Crippen LogP contribution is 2.34. The highest BCUT2D eigenvalue weighted by molar-refractivity contribution is 6.33. The highest BCUT2D eigenvalue weighted by atomic mass is 35.5. The Balaban J connectivity index is 1.75. The summed E-state index contributed by atoms with van der Waals surface area (Å²) in [6.07, 6.45) is 2.68. The lowest BCUT2D eigenvalue weighted by atomic mass is 9.98. The van der Waals surface area contributed by atoms with E-state index in [0.29, 0.717) is 23.5 Å². The smallest absolute Gasteiger partial charge is 0.228 e. The molecule has 4 nitrogen and oxygen atoms in total. The van der Waals surface area contributed by atoms with Gasteiger partial charge in [0.25, 0.3) is 0 Å². The summed E-state index contributed by atoms with van der Waals surface area (Å²) in [7, 11) is 2.17. The number of halogens is 1. The summed E-state index contributed by atoms with van der Waals surface area (Å²) < 4.78 is 0. The fourth-order valence-electron chi connectivity index (χ4n) is 3.00. The maximum absolute atomic E-state index is 11.4. The number of nitrogens with zero attached hydrogens (tertiary/aromatic N) is 1. The molecule has 1 saturated heterocycles. The number of nitrogens with one attached hydrogen (secondary N) is 2. The molecule has 0 spiro atoms. The molecule has 0 aliphatic carbocycles. The average Bonchev–Trinajstić information content (AvgIpc) is 2.73. The van der Waals surface area contributed by atoms with Crippen LogP contribution in [0.5, 0.6) is 0 Å². The monoisotopic (exact) mass is 293 g/mol. The second kappa shape index (κ2) is 5.26. The lowest BCUT2D eigenvalue weighted by molar-refractivity contribution is -0.115. The van der Waals surface area contributed by atoms with Crippen molar-refractivity contribution < 1.29 is 4.79 Å². The molecule has 1 aromatic carbocycles. The second-order valence-electron chi connectivity index (χ2n) is 5.91. The zero-order chi connectivity index (χ0) is 14.3. The minimum absolute atomic E-state index is 0.0427. The molecule has 2 N–H and O–H groups in total. The van der Waals surface area contributed by atoms with E-state index in [1.807, 2.05) is 12.1 Å². The fraction of sp³-hybridized carbons (Fsp3) is 0.533. The molecule has 20 heavy (non-hydrogen) atoms. The Morgan fingerprint density at radius 1 is 1.45 bits per heavy atom. The van der Waals surface area contributed by atoms with Crippen LogP contribution in [0.1, 0.15) is 25.3 Å². The summed E-state index contributed by atoms with van der Waals surface area (Å²) >= 11 is 6.32. The van der Waals surface area contributed by atoms with E-state index >= 15 is 0 Å². The van der Waals surface area contributed by atoms with E-state index in [1.165, 1.54) is 0 Å². The first-order valence-electron chi connectivity index (χ1n) is 7.12. The number of carbonyl (C=O) groups excluding carboxylic acids is 1. The van der Waals surface area contributed by atoms with Gasteiger partial charge < -0.3 is 15.5 Å². The van der Waals surface area contributed by atoms with Gasteiger partial charge in [-0.1, -0.05) is 11.6 Å². The molecule has 108 valence electrons. The molecular formula is C15H20ClN3O. The molecule has 2 unspecified atom stereocenters. The normalized spacial score (nSPS) is 26.2. The first-order chi connectivity index (χ1) is 9.52. The number of anilines is 2. The minimum atomic E-state index is 0.0427. The van der Waals surface area contributed by atoms with Gasteiger partial charge in [-0.2, -0.15) is 0 Å². The van der Waals surface area contributed by atoms with Crippen molar-refractivity contribution in [2.24, 2.45) is 0 Å². The number of amides is 1. The number of fused-ring (bicyclic) bond motifs is 1. The number of likely N-dealkylation sites (tertiary alicyclic amines) is 1. The van der Waals surface area contributed by atoms with Crippen LogP contribution in [-0.2, 0) is 11.2 Å². The Morgan fingerprint density at radius 3 is 3.00 bits per heavy atom. The predicted octanol–water partition coefficient (Wildman–Crippen LogP) is 2.73. The molecule has 1 amide bonds. The van der Waals surface area contributed by atoms with Gasteiger partial charge in [0.05, 0.1) is 17.1 Å². The Kier molecular flexibility index (Phi) is 3.61. The Bertz CT molecular complexity index is 546. The molecule has 1 fully saturated rings. The first kappa shape index (κ1) is 13.7. The summed E-state index contributed by atoms with van der Waals surface area (Å²) in [6, 6.07) is 4.89. The summed E-state index contributed by atoms with van der Waals surface area (Å²) in [5.41, 5.74) is 2.83. The first-order valence-corrected chi connectivity index (χ1v) is 7.50. The van der Waals surface area contributed by atoms with Crippen LogP contribution in [0.15, 0.2) is 12.1 Å². The van der Waals surface area contributed by atoms with E-state index in [-0.39, 0.29) is 5.91 Å². The van der Waals surface area contributed by atoms with Crippen LogP contribution in [0, 0.1) is 0 Å². The average molecular weight is 294 g/mol. The summed E-state index contributed by atoms with van der Waals surface area (Å²) in [6.45, 7) is 3.35. The lowest BCUT2D eigenvalue weighted by Crippen LogP contribution is -2.42. The minimum Gasteiger partial charge on any atom is -0.381 e. The van der Waals surface area contributed by atoms with Crippen molar-refractivity contribution in [2.45, 2.75) is 38.3 Å². The third-order valence-electron chi connectivity index (χ3n) is 4.39. The molecule has 2 atom stereocenters. The molecule has 0 saturated carbocycles. The standard InChI is InChI=1S/C15H20ClN3O/c1-9-5-11(3-4-19(9)2)17-14-6-10-7-15(20)18-13(10)8-12(14)16/h6,8-9,11,17H,3-5,7H2,1-2H3,(H,18,20). The molecule has 2 aliphatic rings. The van der Waals surface area contributed by atoms with Crippen LogP contribution in [-0.4, -0.2) is 36.5 Å². The van der Waals surface area contributed by atoms with Gasteiger partial charge in [-0.25, -0.2) is 0 Å². The fourth-order valence-corrected chi connectivity index (χ4v) is 3.22. The quantitative estimate of drug-likeness (QED) is 0.881. The van der Waals surface area contributed by atoms with Crippen molar-refractivity contribution in [2.75, 3.05) is 24.2 Å². The second-order valence-corrected chi connectivity index (χ2v) is 6.32. The SMILES string of the molecule is CC1CC(Nc2cc3c(cc2Cl)NC(=O)C3)CCN1C. The van der Waals surface area contributed by atoms with Gasteiger partial charge in [0, 0.05) is 24.3 Å². The Hall–Kier alpha value is -1.26. The van der Waals surface area contributed by atoms with Gasteiger partial charge in [-0.15, -0.1) is 0 Å². The third-order valence-corrected chi connectivity index (χ3v) is 4.70. The number of rotatable bonds is 2. The van der Waals surface area contributed by atoms with Gasteiger partial charge in [-0.05, 0) is 44.5 Å². The zero-order valence-electron chi connectivity index (χ0n) is 11.9. The highest BCUT2D eigenvalue weighted by Gasteiger charge is 2.24. The summed E-state index contributed by atoms with van der Waals surface area (Å²) in [5.74, 6) is 0.0427. The molecule has 0 aromatic heterocycles. The van der Waals surface area contributed by atoms with E-state index < -0.39 is 0 Å². The topological polar surface area (TPSA) is 44.4 Å². The van der Waals surface area contributed by atoms with Crippen LogP contribution in [0.25, 0.3) is 0 Å². The van der Waals surface area contributed by atoms with Gasteiger partial charge in [0.15, 0.2) is 0 Å². The van der Waals surface area contributed by atoms with E-state index in [9.17, 15) is 4.79 Å². The Morgan fingerprint density at radius 2 is 2.25 bits per heavy atom. The van der Waals surface area contributed by atoms with Crippen molar-refractivity contribution in [1.29, 1.82) is 0 Å². The number of piperidine rings is 1. The molecular weight excluding hydrogens is 274 g/mol. The van der Waals surface area contributed by atoms with Crippen LogP contribution >= 0.6 is 11.6 Å². The summed E-state index contributed by atoms with van der Waals surface area (Å²) in [4.78, 5) is 13.8. The molecule has 1 aromatic rings.